The molecule has 5 nitrogen and oxygen atoms in total. The standard InChI is InChI=1S/C23H20N2O3S/c1-14-8-9-19-16(11-14)18(26)12-20(28-19)23(27)25-10-4-5-15(13-25)22-24-17-6-2-3-7-21(17)29-22/h2-3,6-9,11-12,15H,4-5,10,13H2,1H3. The summed E-state index contributed by atoms with van der Waals surface area (Å²) in [5.74, 6) is 0.0895. The Morgan fingerprint density at radius 2 is 2.07 bits per heavy atom. The first-order valence-electron chi connectivity index (χ1n) is 9.78. The molecule has 1 amide bonds. The summed E-state index contributed by atoms with van der Waals surface area (Å²) in [5.41, 5.74) is 2.26. The number of likely N-dealkylation sites (tertiary alicyclic amines) is 1. The number of rotatable bonds is 2. The first-order valence-corrected chi connectivity index (χ1v) is 10.6. The van der Waals surface area contributed by atoms with Crippen molar-refractivity contribution < 1.29 is 9.21 Å². The minimum Gasteiger partial charge on any atom is -0.451 e. The molecule has 1 saturated heterocycles. The third kappa shape index (κ3) is 3.34. The number of carbonyl (C=O) groups excluding carboxylic acids is 1. The molecule has 2 aromatic heterocycles. The van der Waals surface area contributed by atoms with Gasteiger partial charge in [-0.1, -0.05) is 23.8 Å². The molecule has 0 saturated carbocycles. The molecule has 1 aliphatic heterocycles. The van der Waals surface area contributed by atoms with Gasteiger partial charge in [0, 0.05) is 25.1 Å². The number of hydrogen-bond donors (Lipinski definition) is 0. The third-order valence-corrected chi connectivity index (χ3v) is 6.66. The van der Waals surface area contributed by atoms with E-state index in [-0.39, 0.29) is 23.0 Å². The molecule has 4 aromatic rings. The van der Waals surface area contributed by atoms with Crippen molar-refractivity contribution >= 4 is 38.4 Å². The number of aromatic nitrogens is 1. The summed E-state index contributed by atoms with van der Waals surface area (Å²) in [7, 11) is 0. The SMILES string of the molecule is Cc1ccc2oc(C(=O)N3CCCC(c4nc5ccccc5s4)C3)cc(=O)c2c1. The van der Waals surface area contributed by atoms with Gasteiger partial charge < -0.3 is 9.32 Å². The smallest absolute Gasteiger partial charge is 0.289 e. The van der Waals surface area contributed by atoms with Crippen molar-refractivity contribution in [2.75, 3.05) is 13.1 Å². The fourth-order valence-corrected chi connectivity index (χ4v) is 5.05. The molecule has 29 heavy (non-hydrogen) atoms. The van der Waals surface area contributed by atoms with Crippen molar-refractivity contribution in [3.63, 3.8) is 0 Å². The summed E-state index contributed by atoms with van der Waals surface area (Å²) in [6, 6.07) is 14.9. The molecule has 1 atom stereocenters. The van der Waals surface area contributed by atoms with Crippen LogP contribution in [0.15, 0.2) is 57.7 Å². The Bertz CT molecular complexity index is 1260. The number of piperidine rings is 1. The molecule has 146 valence electrons. The summed E-state index contributed by atoms with van der Waals surface area (Å²) in [4.78, 5) is 32.1. The van der Waals surface area contributed by atoms with Gasteiger partial charge in [-0.25, -0.2) is 4.98 Å². The molecule has 1 aliphatic rings. The van der Waals surface area contributed by atoms with Gasteiger partial charge in [0.15, 0.2) is 11.2 Å². The van der Waals surface area contributed by atoms with Crippen LogP contribution in [0.5, 0.6) is 0 Å². The molecule has 3 heterocycles. The average Bonchev–Trinajstić information content (AvgIpc) is 3.18. The Morgan fingerprint density at radius 3 is 2.93 bits per heavy atom. The monoisotopic (exact) mass is 404 g/mol. The summed E-state index contributed by atoms with van der Waals surface area (Å²) in [6.45, 7) is 3.18. The Hall–Kier alpha value is -2.99. The van der Waals surface area contributed by atoms with Crippen molar-refractivity contribution in [1.82, 2.24) is 9.88 Å². The van der Waals surface area contributed by atoms with E-state index in [0.29, 0.717) is 24.1 Å². The van der Waals surface area contributed by atoms with Gasteiger partial charge >= 0.3 is 0 Å². The Balaban J connectivity index is 1.43. The van der Waals surface area contributed by atoms with E-state index in [1.54, 1.807) is 28.4 Å². The van der Waals surface area contributed by atoms with E-state index in [2.05, 4.69) is 6.07 Å². The number of thiazole rings is 1. The lowest BCUT2D eigenvalue weighted by molar-refractivity contribution is 0.0675. The third-order valence-electron chi connectivity index (χ3n) is 5.46. The minimum absolute atomic E-state index is 0.108. The molecule has 0 spiro atoms. The molecule has 0 radical (unpaired) electrons. The van der Waals surface area contributed by atoms with Crippen LogP contribution in [0.25, 0.3) is 21.2 Å². The maximum atomic E-state index is 13.1. The van der Waals surface area contributed by atoms with E-state index in [1.165, 1.54) is 10.8 Å². The number of aryl methyl sites for hydroxylation is 1. The number of nitrogens with zero attached hydrogens (tertiary/aromatic N) is 2. The van der Waals surface area contributed by atoms with Gasteiger partial charge in [0.2, 0.25) is 0 Å². The second-order valence-electron chi connectivity index (χ2n) is 7.58. The Labute approximate surface area is 171 Å². The van der Waals surface area contributed by atoms with E-state index in [1.807, 2.05) is 31.2 Å². The van der Waals surface area contributed by atoms with Crippen LogP contribution in [-0.2, 0) is 0 Å². The second kappa shape index (κ2) is 7.12. The molecule has 2 aromatic carbocycles. The number of hydrogen-bond acceptors (Lipinski definition) is 5. The predicted molar refractivity (Wildman–Crippen MR) is 115 cm³/mol. The lowest BCUT2D eigenvalue weighted by atomic mass is 9.98. The maximum Gasteiger partial charge on any atom is 0.289 e. The normalized spacial score (nSPS) is 17.1. The van der Waals surface area contributed by atoms with Crippen molar-refractivity contribution in [3.05, 3.63) is 75.1 Å². The molecule has 0 N–H and O–H groups in total. The van der Waals surface area contributed by atoms with Gasteiger partial charge in [-0.05, 0) is 44.0 Å². The molecule has 0 aliphatic carbocycles. The first kappa shape index (κ1) is 18.1. The Morgan fingerprint density at radius 1 is 1.21 bits per heavy atom. The topological polar surface area (TPSA) is 63.4 Å². The van der Waals surface area contributed by atoms with E-state index in [0.717, 1.165) is 28.9 Å². The minimum atomic E-state index is -0.226. The van der Waals surface area contributed by atoms with Crippen molar-refractivity contribution in [2.24, 2.45) is 0 Å². The van der Waals surface area contributed by atoms with Crippen molar-refractivity contribution in [3.8, 4) is 0 Å². The number of amides is 1. The zero-order valence-electron chi connectivity index (χ0n) is 16.1. The van der Waals surface area contributed by atoms with Crippen molar-refractivity contribution in [2.45, 2.75) is 25.7 Å². The molecule has 6 heteroatoms. The van der Waals surface area contributed by atoms with Gasteiger partial charge in [-0.15, -0.1) is 11.3 Å². The van der Waals surface area contributed by atoms with Crippen molar-refractivity contribution in [1.29, 1.82) is 0 Å². The Kier molecular flexibility index (Phi) is 4.43. The summed E-state index contributed by atoms with van der Waals surface area (Å²) < 4.78 is 6.97. The first-order chi connectivity index (χ1) is 14.1. The van der Waals surface area contributed by atoms with Crippen LogP contribution in [0.4, 0.5) is 0 Å². The fraction of sp³-hybridized carbons (Fsp3) is 0.261. The summed E-state index contributed by atoms with van der Waals surface area (Å²) in [5, 5.41) is 1.58. The molecule has 5 rings (SSSR count). The zero-order valence-corrected chi connectivity index (χ0v) is 16.9. The van der Waals surface area contributed by atoms with Crippen LogP contribution >= 0.6 is 11.3 Å². The highest BCUT2D eigenvalue weighted by Gasteiger charge is 2.29. The largest absolute Gasteiger partial charge is 0.451 e. The molecule has 1 fully saturated rings. The van der Waals surface area contributed by atoms with Crippen LogP contribution in [0.1, 0.15) is 39.9 Å². The highest BCUT2D eigenvalue weighted by molar-refractivity contribution is 7.18. The zero-order chi connectivity index (χ0) is 20.0. The molecular weight excluding hydrogens is 384 g/mol. The van der Waals surface area contributed by atoms with E-state index in [9.17, 15) is 9.59 Å². The van der Waals surface area contributed by atoms with Gasteiger partial charge in [-0.2, -0.15) is 0 Å². The second-order valence-corrected chi connectivity index (χ2v) is 8.65. The van der Waals surface area contributed by atoms with Gasteiger partial charge in [-0.3, -0.25) is 9.59 Å². The molecular formula is C23H20N2O3S. The van der Waals surface area contributed by atoms with Crippen LogP contribution < -0.4 is 5.43 Å². The van der Waals surface area contributed by atoms with E-state index < -0.39 is 0 Å². The van der Waals surface area contributed by atoms with Crippen LogP contribution in [0.3, 0.4) is 0 Å². The average molecular weight is 404 g/mol. The molecule has 0 bridgehead atoms. The number of para-hydroxylation sites is 1. The maximum absolute atomic E-state index is 13.1. The van der Waals surface area contributed by atoms with Gasteiger partial charge in [0.05, 0.1) is 20.6 Å². The summed E-state index contributed by atoms with van der Waals surface area (Å²) in [6.07, 6.45) is 1.91. The van der Waals surface area contributed by atoms with Gasteiger partial charge in [0.1, 0.15) is 5.58 Å². The highest BCUT2D eigenvalue weighted by atomic mass is 32.1. The molecule has 1 unspecified atom stereocenters. The van der Waals surface area contributed by atoms with Crippen LogP contribution in [0.2, 0.25) is 0 Å². The van der Waals surface area contributed by atoms with Gasteiger partial charge in [0.25, 0.3) is 5.91 Å². The predicted octanol–water partition coefficient (Wildman–Crippen LogP) is 4.73. The number of fused-ring (bicyclic) bond motifs is 2. The fourth-order valence-electron chi connectivity index (χ4n) is 3.96. The van der Waals surface area contributed by atoms with E-state index in [4.69, 9.17) is 9.40 Å². The van der Waals surface area contributed by atoms with E-state index >= 15 is 0 Å². The van der Waals surface area contributed by atoms with Crippen LogP contribution in [-0.4, -0.2) is 28.9 Å². The number of benzene rings is 2. The summed E-state index contributed by atoms with van der Waals surface area (Å²) >= 11 is 1.70. The highest BCUT2D eigenvalue weighted by Crippen LogP contribution is 2.33. The quantitative estimate of drug-likeness (QED) is 0.484. The lowest BCUT2D eigenvalue weighted by Crippen LogP contribution is -2.39. The lowest BCUT2D eigenvalue weighted by Gasteiger charge is -2.31. The van der Waals surface area contributed by atoms with Crippen LogP contribution in [0, 0.1) is 6.92 Å². The number of carbonyl (C=O) groups is 1.